The molecule has 2 aliphatic rings. The summed E-state index contributed by atoms with van der Waals surface area (Å²) in [5.41, 5.74) is -2.82. The van der Waals surface area contributed by atoms with Crippen LogP contribution in [-0.4, -0.2) is 66.2 Å². The molecule has 1 aromatic carbocycles. The third-order valence-electron chi connectivity index (χ3n) is 6.71. The number of esters is 1. The summed E-state index contributed by atoms with van der Waals surface area (Å²) in [6.45, 7) is 7.89. The minimum Gasteiger partial charge on any atom is -0.493 e. The van der Waals surface area contributed by atoms with Crippen LogP contribution in [0.1, 0.15) is 46.6 Å². The maximum Gasteiger partial charge on any atom is 0.421 e. The van der Waals surface area contributed by atoms with Crippen LogP contribution in [0.2, 0.25) is 0 Å². The Morgan fingerprint density at radius 3 is 2.19 bits per heavy atom. The highest BCUT2D eigenvalue weighted by Crippen LogP contribution is 2.65. The lowest BCUT2D eigenvalue weighted by atomic mass is 9.61. The Morgan fingerprint density at radius 1 is 1.08 bits per heavy atom. The highest BCUT2D eigenvalue weighted by molar-refractivity contribution is 7.86. The molecule has 0 saturated carbocycles. The smallest absolute Gasteiger partial charge is 0.421 e. The summed E-state index contributed by atoms with van der Waals surface area (Å²) in [5, 5.41) is 0. The third kappa shape index (κ3) is 4.56. The number of ether oxygens (including phenoxy) is 4. The van der Waals surface area contributed by atoms with Crippen LogP contribution in [-0.2, 0) is 38.8 Å². The molecule has 1 spiro atoms. The molecule has 1 unspecified atom stereocenters. The number of carbonyl (C=O) groups excluding carboxylic acids is 3. The van der Waals surface area contributed by atoms with Crippen molar-refractivity contribution in [2.75, 3.05) is 39.1 Å². The number of hydrogen-bond acceptors (Lipinski definition) is 10. The van der Waals surface area contributed by atoms with E-state index < -0.39 is 51.1 Å². The number of amides is 2. The Bertz CT molecular complexity index is 1290. The minimum atomic E-state index is -3.87. The standard InChI is InChI=1S/C25H33NO10S/c1-23(2,3)36-22(29)26-18-15(10-11-16(32-6)19(18)33-7)25(21(26)28)12-14(13-35-37(9,30)31)17(20(27)34-8)24(25,4)5/h10-11H,12-13H2,1-9H3. The summed E-state index contributed by atoms with van der Waals surface area (Å²) in [6.07, 6.45) is -0.155. The Hall–Kier alpha value is -3.12. The van der Waals surface area contributed by atoms with Gasteiger partial charge in [-0.2, -0.15) is 8.42 Å². The fraction of sp³-hybridized carbons (Fsp3) is 0.560. The maximum absolute atomic E-state index is 14.4. The molecule has 12 heteroatoms. The van der Waals surface area contributed by atoms with Crippen LogP contribution < -0.4 is 14.4 Å². The fourth-order valence-electron chi connectivity index (χ4n) is 5.23. The monoisotopic (exact) mass is 539 g/mol. The zero-order valence-corrected chi connectivity index (χ0v) is 23.3. The normalized spacial score (nSPS) is 20.8. The number of benzene rings is 1. The summed E-state index contributed by atoms with van der Waals surface area (Å²) in [6, 6.07) is 3.24. The molecular weight excluding hydrogens is 506 g/mol. The Kier molecular flexibility index (Phi) is 7.17. The van der Waals surface area contributed by atoms with Crippen molar-refractivity contribution in [3.63, 3.8) is 0 Å². The van der Waals surface area contributed by atoms with Crippen molar-refractivity contribution in [3.05, 3.63) is 28.8 Å². The van der Waals surface area contributed by atoms with Crippen LogP contribution in [0.25, 0.3) is 0 Å². The van der Waals surface area contributed by atoms with Gasteiger partial charge in [0, 0.05) is 11.0 Å². The number of fused-ring (bicyclic) bond motifs is 2. The molecule has 0 aromatic heterocycles. The van der Waals surface area contributed by atoms with Crippen molar-refractivity contribution in [3.8, 4) is 11.5 Å². The first-order chi connectivity index (χ1) is 17.0. The van der Waals surface area contributed by atoms with Gasteiger partial charge in [0.25, 0.3) is 10.1 Å². The first-order valence-electron chi connectivity index (χ1n) is 11.4. The predicted octanol–water partition coefficient (Wildman–Crippen LogP) is 3.10. The predicted molar refractivity (Wildman–Crippen MR) is 133 cm³/mol. The van der Waals surface area contributed by atoms with E-state index in [1.807, 2.05) is 0 Å². The van der Waals surface area contributed by atoms with Crippen molar-refractivity contribution >= 4 is 33.8 Å². The molecule has 204 valence electrons. The molecule has 1 aliphatic carbocycles. The molecule has 0 bridgehead atoms. The van der Waals surface area contributed by atoms with E-state index in [4.69, 9.17) is 23.1 Å². The second-order valence-electron chi connectivity index (χ2n) is 10.5. The first-order valence-corrected chi connectivity index (χ1v) is 13.3. The molecule has 1 atom stereocenters. The number of imide groups is 1. The van der Waals surface area contributed by atoms with Gasteiger partial charge < -0.3 is 18.9 Å². The number of methoxy groups -OCH3 is 3. The quantitative estimate of drug-likeness (QED) is 0.392. The van der Waals surface area contributed by atoms with E-state index in [1.54, 1.807) is 46.8 Å². The van der Waals surface area contributed by atoms with Crippen molar-refractivity contribution in [1.29, 1.82) is 0 Å². The van der Waals surface area contributed by atoms with Crippen LogP contribution in [0.3, 0.4) is 0 Å². The minimum absolute atomic E-state index is 0.0961. The average molecular weight is 540 g/mol. The zero-order valence-electron chi connectivity index (χ0n) is 22.5. The molecule has 11 nitrogen and oxygen atoms in total. The van der Waals surface area contributed by atoms with E-state index in [0.717, 1.165) is 11.2 Å². The van der Waals surface area contributed by atoms with Gasteiger partial charge in [-0.1, -0.05) is 19.9 Å². The van der Waals surface area contributed by atoms with Crippen LogP contribution in [0.4, 0.5) is 10.5 Å². The van der Waals surface area contributed by atoms with Crippen LogP contribution >= 0.6 is 0 Å². The summed E-state index contributed by atoms with van der Waals surface area (Å²) < 4.78 is 50.2. The highest BCUT2D eigenvalue weighted by atomic mass is 32.2. The topological polar surface area (TPSA) is 135 Å². The third-order valence-corrected chi connectivity index (χ3v) is 7.25. The zero-order chi connectivity index (χ0) is 28.1. The first kappa shape index (κ1) is 28.5. The van der Waals surface area contributed by atoms with Crippen molar-refractivity contribution in [2.24, 2.45) is 5.41 Å². The lowest BCUT2D eigenvalue weighted by Gasteiger charge is -2.38. The van der Waals surface area contributed by atoms with Gasteiger partial charge in [0.1, 0.15) is 11.3 Å². The molecule has 2 amide bonds. The second kappa shape index (κ2) is 9.32. The van der Waals surface area contributed by atoms with Gasteiger partial charge in [-0.3, -0.25) is 8.98 Å². The van der Waals surface area contributed by atoms with Gasteiger partial charge in [-0.25, -0.2) is 14.5 Å². The number of nitrogens with zero attached hydrogens (tertiary/aromatic N) is 1. The van der Waals surface area contributed by atoms with Crippen molar-refractivity contribution in [1.82, 2.24) is 0 Å². The maximum atomic E-state index is 14.4. The van der Waals surface area contributed by atoms with E-state index in [-0.39, 0.29) is 34.8 Å². The van der Waals surface area contributed by atoms with Gasteiger partial charge in [-0.15, -0.1) is 0 Å². The molecule has 1 heterocycles. The van der Waals surface area contributed by atoms with Crippen LogP contribution in [0.5, 0.6) is 11.5 Å². The van der Waals surface area contributed by atoms with E-state index in [0.29, 0.717) is 5.56 Å². The summed E-state index contributed by atoms with van der Waals surface area (Å²) in [7, 11) is 0.122. The molecular formula is C25H33NO10S. The van der Waals surface area contributed by atoms with E-state index in [1.165, 1.54) is 21.3 Å². The number of rotatable bonds is 6. The van der Waals surface area contributed by atoms with E-state index in [2.05, 4.69) is 0 Å². The molecule has 1 aliphatic heterocycles. The van der Waals surface area contributed by atoms with Crippen LogP contribution in [0, 0.1) is 5.41 Å². The summed E-state index contributed by atoms with van der Waals surface area (Å²) >= 11 is 0. The largest absolute Gasteiger partial charge is 0.493 e. The Labute approximate surface area is 216 Å². The lowest BCUT2D eigenvalue weighted by molar-refractivity contribution is -0.138. The SMILES string of the molecule is COC(=O)C1=C(COS(C)(=O)=O)CC2(C(=O)N(C(=O)OC(C)(C)C)c3c2ccc(OC)c3OC)C1(C)C. The van der Waals surface area contributed by atoms with Gasteiger partial charge in [0.2, 0.25) is 5.91 Å². The summed E-state index contributed by atoms with van der Waals surface area (Å²) in [4.78, 5) is 41.7. The Balaban J connectivity index is 2.33. The Morgan fingerprint density at radius 2 is 1.70 bits per heavy atom. The van der Waals surface area contributed by atoms with Gasteiger partial charge in [0.05, 0.1) is 39.6 Å². The highest BCUT2D eigenvalue weighted by Gasteiger charge is 2.67. The lowest BCUT2D eigenvalue weighted by Crippen LogP contribution is -2.51. The molecule has 0 saturated heterocycles. The molecule has 0 fully saturated rings. The van der Waals surface area contributed by atoms with Crippen molar-refractivity contribution < 1.29 is 45.9 Å². The summed E-state index contributed by atoms with van der Waals surface area (Å²) in [5.74, 6) is -0.992. The average Bonchev–Trinajstić information content (AvgIpc) is 3.17. The fourth-order valence-corrected chi connectivity index (χ4v) is 5.59. The number of carbonyl (C=O) groups is 3. The van der Waals surface area contributed by atoms with Crippen LogP contribution in [0.15, 0.2) is 23.3 Å². The van der Waals surface area contributed by atoms with Gasteiger partial charge in [-0.05, 0) is 44.4 Å². The molecule has 1 aromatic rings. The van der Waals surface area contributed by atoms with Gasteiger partial charge >= 0.3 is 12.1 Å². The molecule has 3 rings (SSSR count). The van der Waals surface area contributed by atoms with E-state index >= 15 is 0 Å². The molecule has 0 N–H and O–H groups in total. The van der Waals surface area contributed by atoms with E-state index in [9.17, 15) is 22.8 Å². The number of anilines is 1. The second-order valence-corrected chi connectivity index (χ2v) is 12.1. The molecule has 0 radical (unpaired) electrons. The van der Waals surface area contributed by atoms with Crippen molar-refractivity contribution in [2.45, 2.75) is 52.1 Å². The molecule has 37 heavy (non-hydrogen) atoms. The van der Waals surface area contributed by atoms with Gasteiger partial charge in [0.15, 0.2) is 11.5 Å². The number of hydrogen-bond donors (Lipinski definition) is 0.